The summed E-state index contributed by atoms with van der Waals surface area (Å²) < 4.78 is 5.60. The van der Waals surface area contributed by atoms with Crippen molar-refractivity contribution < 1.29 is 29.3 Å². The molecule has 4 rings (SSSR count). The number of aliphatic carboxylic acids is 1. The van der Waals surface area contributed by atoms with Gasteiger partial charge < -0.3 is 25.6 Å². The first-order valence-electron chi connectivity index (χ1n) is 11.6. The van der Waals surface area contributed by atoms with Gasteiger partial charge in [-0.3, -0.25) is 9.59 Å². The van der Waals surface area contributed by atoms with Gasteiger partial charge in [-0.15, -0.1) is 0 Å². The normalized spacial score (nSPS) is 20.6. The average Bonchev–Trinajstić information content (AvgIpc) is 3.38. The number of carboxylic acids is 1. The summed E-state index contributed by atoms with van der Waals surface area (Å²) in [5, 5.41) is 24.4. The van der Waals surface area contributed by atoms with Gasteiger partial charge in [0.2, 0.25) is 5.91 Å². The maximum atomic E-state index is 12.6. The van der Waals surface area contributed by atoms with Crippen LogP contribution in [0.2, 0.25) is 0 Å². The van der Waals surface area contributed by atoms with Gasteiger partial charge in [-0.2, -0.15) is 0 Å². The van der Waals surface area contributed by atoms with E-state index in [0.29, 0.717) is 12.8 Å². The van der Waals surface area contributed by atoms with Crippen molar-refractivity contribution in [2.75, 3.05) is 13.2 Å². The van der Waals surface area contributed by atoms with Crippen LogP contribution >= 0.6 is 0 Å². The Labute approximate surface area is 198 Å². The number of carboxylic acid groups (broad SMARTS) is 1. The van der Waals surface area contributed by atoms with Gasteiger partial charge in [0.05, 0.1) is 17.9 Å². The third-order valence-corrected chi connectivity index (χ3v) is 6.68. The van der Waals surface area contributed by atoms with Crippen molar-refractivity contribution in [3.05, 3.63) is 59.7 Å². The number of amides is 2. The highest BCUT2D eigenvalue weighted by atomic mass is 16.5. The topological polar surface area (TPSA) is 125 Å². The van der Waals surface area contributed by atoms with Gasteiger partial charge in [0.15, 0.2) is 0 Å². The van der Waals surface area contributed by atoms with Crippen LogP contribution < -0.4 is 10.6 Å². The van der Waals surface area contributed by atoms with Crippen LogP contribution in [0.1, 0.15) is 49.7 Å². The van der Waals surface area contributed by atoms with Crippen LogP contribution in [0, 0.1) is 5.92 Å². The molecular weight excluding hydrogens is 436 g/mol. The second kappa shape index (κ2) is 9.85. The Balaban J connectivity index is 1.32. The van der Waals surface area contributed by atoms with E-state index in [2.05, 4.69) is 34.9 Å². The molecule has 8 heteroatoms. The molecule has 2 aliphatic carbocycles. The quantitative estimate of drug-likeness (QED) is 0.474. The molecule has 34 heavy (non-hydrogen) atoms. The van der Waals surface area contributed by atoms with Crippen LogP contribution in [0.3, 0.4) is 0 Å². The summed E-state index contributed by atoms with van der Waals surface area (Å²) in [6, 6.07) is 15.8. The van der Waals surface area contributed by atoms with Crippen LogP contribution in [0.25, 0.3) is 11.1 Å². The minimum Gasteiger partial charge on any atom is -0.481 e. The zero-order chi connectivity index (χ0) is 24.3. The monoisotopic (exact) mass is 466 g/mol. The molecule has 0 radical (unpaired) electrons. The summed E-state index contributed by atoms with van der Waals surface area (Å²) in [5.74, 6) is -1.96. The number of benzene rings is 2. The van der Waals surface area contributed by atoms with Crippen molar-refractivity contribution in [1.29, 1.82) is 0 Å². The van der Waals surface area contributed by atoms with Crippen LogP contribution in [-0.4, -0.2) is 53.0 Å². The molecule has 0 saturated heterocycles. The van der Waals surface area contributed by atoms with Crippen molar-refractivity contribution in [3.8, 4) is 11.1 Å². The Bertz CT molecular complexity index is 1040. The summed E-state index contributed by atoms with van der Waals surface area (Å²) >= 11 is 0. The lowest BCUT2D eigenvalue weighted by atomic mass is 9.98. The van der Waals surface area contributed by atoms with Crippen LogP contribution in [-0.2, 0) is 14.3 Å². The summed E-state index contributed by atoms with van der Waals surface area (Å²) in [4.78, 5) is 36.1. The second-order valence-corrected chi connectivity index (χ2v) is 9.40. The fourth-order valence-corrected chi connectivity index (χ4v) is 5.03. The van der Waals surface area contributed by atoms with E-state index in [0.717, 1.165) is 28.7 Å². The van der Waals surface area contributed by atoms with Crippen molar-refractivity contribution in [1.82, 2.24) is 10.6 Å². The minimum atomic E-state index is -1.55. The molecular formula is C26H30N2O6. The number of hydrogen-bond acceptors (Lipinski definition) is 5. The highest BCUT2D eigenvalue weighted by Gasteiger charge is 2.36. The Morgan fingerprint density at radius 2 is 1.65 bits per heavy atom. The van der Waals surface area contributed by atoms with E-state index >= 15 is 0 Å². The molecule has 8 nitrogen and oxygen atoms in total. The predicted molar refractivity (Wildman–Crippen MR) is 125 cm³/mol. The Hall–Kier alpha value is -3.39. The van der Waals surface area contributed by atoms with Gasteiger partial charge in [0.25, 0.3) is 0 Å². The standard InChI is InChI=1S/C26H30N2O6/c1-26(33,13-23(29)30)15-27-24(31)20-11-6-12-22(20)28-25(32)34-14-21-18-9-4-2-7-16(18)17-8-3-5-10-19(17)21/h2-5,7-10,20-22,33H,6,11-15H2,1H3,(H,27,31)(H,28,32)(H,29,30)/t20-,22+,26?/m1/s1. The van der Waals surface area contributed by atoms with Gasteiger partial charge in [0.1, 0.15) is 6.61 Å². The number of alkyl carbamates (subject to hydrolysis) is 1. The van der Waals surface area contributed by atoms with Crippen LogP contribution in [0.5, 0.6) is 0 Å². The maximum absolute atomic E-state index is 12.6. The number of carbonyl (C=O) groups is 3. The number of carbonyl (C=O) groups excluding carboxylic acids is 2. The van der Waals surface area contributed by atoms with Crippen molar-refractivity contribution >= 4 is 18.0 Å². The molecule has 1 saturated carbocycles. The van der Waals surface area contributed by atoms with E-state index in [4.69, 9.17) is 9.84 Å². The fraction of sp³-hybridized carbons (Fsp3) is 0.423. The van der Waals surface area contributed by atoms with Crippen LogP contribution in [0.15, 0.2) is 48.5 Å². The predicted octanol–water partition coefficient (Wildman–Crippen LogP) is 3.04. The molecule has 2 amide bonds. The number of rotatable bonds is 8. The molecule has 1 unspecified atom stereocenters. The molecule has 2 aliphatic rings. The summed E-state index contributed by atoms with van der Waals surface area (Å²) in [6.45, 7) is 1.39. The summed E-state index contributed by atoms with van der Waals surface area (Å²) in [7, 11) is 0. The van der Waals surface area contributed by atoms with E-state index < -0.39 is 30.0 Å². The first-order valence-corrected chi connectivity index (χ1v) is 11.6. The first kappa shape index (κ1) is 23.8. The van der Waals surface area contributed by atoms with E-state index in [1.165, 1.54) is 6.92 Å². The number of nitrogens with one attached hydrogen (secondary N) is 2. The highest BCUT2D eigenvalue weighted by molar-refractivity contribution is 5.81. The number of fused-ring (bicyclic) bond motifs is 3. The van der Waals surface area contributed by atoms with Crippen LogP contribution in [0.4, 0.5) is 4.79 Å². The molecule has 180 valence electrons. The molecule has 4 N–H and O–H groups in total. The van der Waals surface area contributed by atoms with E-state index in [-0.39, 0.29) is 31.0 Å². The largest absolute Gasteiger partial charge is 0.481 e. The SMILES string of the molecule is CC(O)(CNC(=O)[C@@H]1CCC[C@@H]1NC(=O)OCC1c2ccccc2-c2ccccc21)CC(=O)O. The van der Waals surface area contributed by atoms with Gasteiger partial charge in [-0.25, -0.2) is 4.79 Å². The molecule has 0 aliphatic heterocycles. The fourth-order valence-electron chi connectivity index (χ4n) is 5.03. The Morgan fingerprint density at radius 1 is 1.03 bits per heavy atom. The van der Waals surface area contributed by atoms with Crippen molar-refractivity contribution in [2.45, 2.75) is 50.2 Å². The molecule has 2 aromatic carbocycles. The zero-order valence-electron chi connectivity index (χ0n) is 19.1. The lowest BCUT2D eigenvalue weighted by molar-refractivity contribution is -0.142. The first-order chi connectivity index (χ1) is 16.2. The third kappa shape index (κ3) is 5.22. The maximum Gasteiger partial charge on any atom is 0.407 e. The Morgan fingerprint density at radius 3 is 2.26 bits per heavy atom. The smallest absolute Gasteiger partial charge is 0.407 e. The van der Waals surface area contributed by atoms with Gasteiger partial charge >= 0.3 is 12.1 Å². The molecule has 0 aromatic heterocycles. The van der Waals surface area contributed by atoms with E-state index in [1.54, 1.807) is 0 Å². The second-order valence-electron chi connectivity index (χ2n) is 9.40. The van der Waals surface area contributed by atoms with Gasteiger partial charge in [-0.05, 0) is 42.0 Å². The molecule has 2 aromatic rings. The molecule has 3 atom stereocenters. The lowest BCUT2D eigenvalue weighted by Gasteiger charge is -2.25. The zero-order valence-corrected chi connectivity index (χ0v) is 19.1. The Kier molecular flexibility index (Phi) is 6.88. The minimum absolute atomic E-state index is 0.0442. The summed E-state index contributed by atoms with van der Waals surface area (Å²) in [6.07, 6.45) is 0.983. The van der Waals surface area contributed by atoms with Gasteiger partial charge in [0, 0.05) is 18.5 Å². The number of aliphatic hydroxyl groups is 1. The molecule has 0 spiro atoms. The lowest BCUT2D eigenvalue weighted by Crippen LogP contribution is -2.48. The van der Waals surface area contributed by atoms with E-state index in [9.17, 15) is 19.5 Å². The molecule has 1 fully saturated rings. The summed E-state index contributed by atoms with van der Waals surface area (Å²) in [5.41, 5.74) is 3.01. The van der Waals surface area contributed by atoms with Crippen molar-refractivity contribution in [2.24, 2.45) is 5.92 Å². The number of hydrogen-bond donors (Lipinski definition) is 4. The molecule has 0 heterocycles. The number of ether oxygens (including phenoxy) is 1. The van der Waals surface area contributed by atoms with Gasteiger partial charge in [-0.1, -0.05) is 55.0 Å². The third-order valence-electron chi connectivity index (χ3n) is 6.68. The van der Waals surface area contributed by atoms with E-state index in [1.807, 2.05) is 24.3 Å². The average molecular weight is 467 g/mol. The highest BCUT2D eigenvalue weighted by Crippen LogP contribution is 2.44. The molecule has 0 bridgehead atoms. The van der Waals surface area contributed by atoms with Crippen molar-refractivity contribution in [3.63, 3.8) is 0 Å².